The van der Waals surface area contributed by atoms with Crippen LogP contribution in [0, 0.1) is 0 Å². The van der Waals surface area contributed by atoms with Crippen LogP contribution in [0.5, 0.6) is 0 Å². The molecular weight excluding hydrogens is 378 g/mol. The Morgan fingerprint density at radius 3 is 2.30 bits per heavy atom. The normalized spacial score (nSPS) is 11.7. The Morgan fingerprint density at radius 2 is 1.70 bits per heavy atom. The molecule has 2 aromatic heterocycles. The van der Waals surface area contributed by atoms with Gasteiger partial charge in [-0.25, -0.2) is 9.48 Å². The molecule has 0 aliphatic heterocycles. The van der Waals surface area contributed by atoms with Crippen LogP contribution in [-0.2, 0) is 18.5 Å². The lowest BCUT2D eigenvalue weighted by Crippen LogP contribution is -2.28. The number of aromatic nitrogens is 7. The standard InChI is InChI=1S/C22H25N7O/c1-5-29-21(30)28(20(25-29)22(2,3)4)14-15-10-12-16(13-11-15)17-8-6-7-9-18(17)19-23-26-27-24-19/h6-13H,5,14H2,1-4H3,(H,23,24,26,27). The first-order valence-corrected chi connectivity index (χ1v) is 9.98. The van der Waals surface area contributed by atoms with Crippen molar-refractivity contribution < 1.29 is 0 Å². The predicted octanol–water partition coefficient (Wildman–Crippen LogP) is 3.26. The molecule has 8 nitrogen and oxygen atoms in total. The van der Waals surface area contributed by atoms with E-state index in [-0.39, 0.29) is 11.1 Å². The van der Waals surface area contributed by atoms with E-state index in [1.54, 1.807) is 4.57 Å². The summed E-state index contributed by atoms with van der Waals surface area (Å²) < 4.78 is 3.29. The van der Waals surface area contributed by atoms with Gasteiger partial charge in [-0.2, -0.15) is 10.3 Å². The van der Waals surface area contributed by atoms with Crippen LogP contribution in [0.1, 0.15) is 39.1 Å². The van der Waals surface area contributed by atoms with E-state index in [0.29, 0.717) is 18.9 Å². The van der Waals surface area contributed by atoms with Crippen LogP contribution in [0.2, 0.25) is 0 Å². The highest BCUT2D eigenvalue weighted by Crippen LogP contribution is 2.30. The monoisotopic (exact) mass is 403 g/mol. The van der Waals surface area contributed by atoms with Crippen LogP contribution in [0.4, 0.5) is 0 Å². The molecule has 4 rings (SSSR count). The predicted molar refractivity (Wildman–Crippen MR) is 115 cm³/mol. The molecule has 0 saturated heterocycles. The number of benzene rings is 2. The molecule has 0 aliphatic carbocycles. The lowest BCUT2D eigenvalue weighted by molar-refractivity contribution is 0.502. The van der Waals surface area contributed by atoms with E-state index in [1.165, 1.54) is 4.68 Å². The number of nitrogens with zero attached hydrogens (tertiary/aromatic N) is 6. The first-order chi connectivity index (χ1) is 14.4. The minimum Gasteiger partial charge on any atom is -0.274 e. The topological polar surface area (TPSA) is 94.3 Å². The molecular formula is C22H25N7O. The Labute approximate surface area is 174 Å². The quantitative estimate of drug-likeness (QED) is 0.552. The molecule has 8 heteroatoms. The summed E-state index contributed by atoms with van der Waals surface area (Å²) in [6.45, 7) is 9.19. The fourth-order valence-electron chi connectivity index (χ4n) is 3.52. The lowest BCUT2D eigenvalue weighted by atomic mass is 9.95. The van der Waals surface area contributed by atoms with Gasteiger partial charge in [0.1, 0.15) is 5.82 Å². The number of aryl methyl sites for hydroxylation is 1. The zero-order valence-electron chi connectivity index (χ0n) is 17.6. The molecule has 0 unspecified atom stereocenters. The third kappa shape index (κ3) is 3.68. The molecule has 154 valence electrons. The molecule has 0 radical (unpaired) electrons. The SMILES string of the molecule is CCn1nc(C(C)(C)C)n(Cc2ccc(-c3ccccc3-c3nn[nH]n3)cc2)c1=O. The first-order valence-electron chi connectivity index (χ1n) is 9.98. The zero-order chi connectivity index (χ0) is 21.3. The Balaban J connectivity index is 1.67. The number of H-pyrrole nitrogens is 1. The van der Waals surface area contributed by atoms with Crippen molar-refractivity contribution in [2.75, 3.05) is 0 Å². The number of rotatable bonds is 5. The van der Waals surface area contributed by atoms with Crippen LogP contribution in [0.3, 0.4) is 0 Å². The summed E-state index contributed by atoms with van der Waals surface area (Å²) >= 11 is 0. The van der Waals surface area contributed by atoms with E-state index in [2.05, 4.69) is 58.6 Å². The lowest BCUT2D eigenvalue weighted by Gasteiger charge is -2.18. The van der Waals surface area contributed by atoms with Gasteiger partial charge in [0, 0.05) is 17.5 Å². The number of nitrogens with one attached hydrogen (secondary N) is 1. The van der Waals surface area contributed by atoms with Gasteiger partial charge in [-0.1, -0.05) is 69.3 Å². The Hall–Kier alpha value is -3.55. The Bertz CT molecular complexity index is 1200. The molecule has 1 N–H and O–H groups in total. The van der Waals surface area contributed by atoms with E-state index < -0.39 is 0 Å². The Kier molecular flexibility index (Phi) is 5.07. The van der Waals surface area contributed by atoms with Gasteiger partial charge in [0.25, 0.3) is 0 Å². The molecule has 0 fully saturated rings. The number of hydrogen-bond donors (Lipinski definition) is 1. The maximum atomic E-state index is 12.8. The van der Waals surface area contributed by atoms with Crippen LogP contribution in [-0.4, -0.2) is 35.0 Å². The number of hydrogen-bond acceptors (Lipinski definition) is 5. The van der Waals surface area contributed by atoms with Crippen molar-refractivity contribution in [1.29, 1.82) is 0 Å². The highest BCUT2D eigenvalue weighted by molar-refractivity contribution is 5.80. The van der Waals surface area contributed by atoms with Crippen LogP contribution in [0.15, 0.2) is 53.3 Å². The average Bonchev–Trinajstić information content (AvgIpc) is 3.37. The van der Waals surface area contributed by atoms with Gasteiger partial charge in [-0.15, -0.1) is 10.2 Å². The van der Waals surface area contributed by atoms with Crippen molar-refractivity contribution >= 4 is 0 Å². The highest BCUT2D eigenvalue weighted by Gasteiger charge is 2.24. The van der Waals surface area contributed by atoms with Gasteiger partial charge in [-0.3, -0.25) is 4.57 Å². The molecule has 0 atom stereocenters. The van der Waals surface area contributed by atoms with Gasteiger partial charge in [0.2, 0.25) is 5.82 Å². The summed E-state index contributed by atoms with van der Waals surface area (Å²) in [6.07, 6.45) is 0. The van der Waals surface area contributed by atoms with E-state index in [4.69, 9.17) is 0 Å². The number of tetrazole rings is 1. The van der Waals surface area contributed by atoms with E-state index in [9.17, 15) is 4.79 Å². The maximum Gasteiger partial charge on any atom is 0.346 e. The van der Waals surface area contributed by atoms with Crippen LogP contribution < -0.4 is 5.69 Å². The first kappa shape index (κ1) is 19.8. The van der Waals surface area contributed by atoms with Crippen molar-refractivity contribution in [3.8, 4) is 22.5 Å². The molecule has 0 amide bonds. The van der Waals surface area contributed by atoms with E-state index in [0.717, 1.165) is 28.1 Å². The van der Waals surface area contributed by atoms with E-state index >= 15 is 0 Å². The van der Waals surface area contributed by atoms with Crippen LogP contribution >= 0.6 is 0 Å². The summed E-state index contributed by atoms with van der Waals surface area (Å²) in [5, 5.41) is 18.9. The summed E-state index contributed by atoms with van der Waals surface area (Å²) in [5.41, 5.74) is 3.73. The van der Waals surface area contributed by atoms with Crippen molar-refractivity contribution in [2.45, 2.75) is 46.2 Å². The van der Waals surface area contributed by atoms with Gasteiger partial charge >= 0.3 is 5.69 Å². The minimum atomic E-state index is -0.219. The van der Waals surface area contributed by atoms with Gasteiger partial charge in [0.15, 0.2) is 0 Å². The average molecular weight is 403 g/mol. The van der Waals surface area contributed by atoms with Gasteiger partial charge < -0.3 is 0 Å². The Morgan fingerprint density at radius 1 is 1.00 bits per heavy atom. The second-order valence-corrected chi connectivity index (χ2v) is 8.24. The third-order valence-electron chi connectivity index (χ3n) is 5.01. The third-order valence-corrected chi connectivity index (χ3v) is 5.01. The molecule has 2 aromatic carbocycles. The second kappa shape index (κ2) is 7.70. The molecule has 0 aliphatic rings. The molecule has 4 aromatic rings. The molecule has 0 spiro atoms. The van der Waals surface area contributed by atoms with Crippen molar-refractivity contribution in [3.63, 3.8) is 0 Å². The van der Waals surface area contributed by atoms with Crippen molar-refractivity contribution in [1.82, 2.24) is 35.0 Å². The van der Waals surface area contributed by atoms with Crippen molar-refractivity contribution in [3.05, 3.63) is 70.4 Å². The number of aromatic amines is 1. The summed E-state index contributed by atoms with van der Waals surface area (Å²) in [7, 11) is 0. The zero-order valence-corrected chi connectivity index (χ0v) is 17.6. The summed E-state index contributed by atoms with van der Waals surface area (Å²) in [4.78, 5) is 12.8. The van der Waals surface area contributed by atoms with Crippen molar-refractivity contribution in [2.24, 2.45) is 0 Å². The highest BCUT2D eigenvalue weighted by atomic mass is 16.2. The molecule has 0 saturated carbocycles. The summed E-state index contributed by atoms with van der Waals surface area (Å²) in [5.74, 6) is 1.35. The smallest absolute Gasteiger partial charge is 0.274 e. The fraction of sp³-hybridized carbons (Fsp3) is 0.318. The second-order valence-electron chi connectivity index (χ2n) is 8.24. The molecule has 0 bridgehead atoms. The fourth-order valence-corrected chi connectivity index (χ4v) is 3.52. The maximum absolute atomic E-state index is 12.8. The van der Waals surface area contributed by atoms with E-state index in [1.807, 2.05) is 43.3 Å². The molecule has 30 heavy (non-hydrogen) atoms. The van der Waals surface area contributed by atoms with Crippen LogP contribution in [0.25, 0.3) is 22.5 Å². The largest absolute Gasteiger partial charge is 0.346 e. The van der Waals surface area contributed by atoms with Gasteiger partial charge in [0.05, 0.1) is 6.54 Å². The minimum absolute atomic E-state index is 0.0750. The molecule has 2 heterocycles. The summed E-state index contributed by atoms with van der Waals surface area (Å²) in [6, 6.07) is 16.2. The van der Waals surface area contributed by atoms with Gasteiger partial charge in [-0.05, 0) is 28.8 Å².